The van der Waals surface area contributed by atoms with Gasteiger partial charge in [-0.1, -0.05) is 12.2 Å². The highest BCUT2D eigenvalue weighted by Crippen LogP contribution is 2.56. The first-order valence-electron chi connectivity index (χ1n) is 7.44. The van der Waals surface area contributed by atoms with Gasteiger partial charge in [0.1, 0.15) is 6.23 Å². The van der Waals surface area contributed by atoms with E-state index in [9.17, 15) is 10.2 Å². The van der Waals surface area contributed by atoms with Gasteiger partial charge in [-0.25, -0.2) is 0 Å². The molecular formula is C16H17NO4. The lowest BCUT2D eigenvalue weighted by atomic mass is 9.66. The summed E-state index contributed by atoms with van der Waals surface area (Å²) in [5.41, 5.74) is 1.92. The van der Waals surface area contributed by atoms with E-state index in [4.69, 9.17) is 9.47 Å². The van der Waals surface area contributed by atoms with Crippen molar-refractivity contribution in [1.82, 2.24) is 4.90 Å². The molecular weight excluding hydrogens is 270 g/mol. The van der Waals surface area contributed by atoms with E-state index in [0.29, 0.717) is 12.2 Å². The van der Waals surface area contributed by atoms with Crippen LogP contribution in [-0.2, 0) is 5.41 Å². The van der Waals surface area contributed by atoms with Gasteiger partial charge in [0.15, 0.2) is 11.5 Å². The maximum atomic E-state index is 10.7. The Balaban J connectivity index is 1.77. The molecule has 3 heterocycles. The third kappa shape index (κ3) is 1.36. The molecule has 5 rings (SSSR count). The quantitative estimate of drug-likeness (QED) is 0.699. The standard InChI is InChI=1S/C16H17NO4/c18-9-1-2-16-3-4-17(14(16)5-9)15(19)10-6-12-13(7-11(10)16)21-8-20-12/h1-2,6-7,9,14-15,18-19H,3-5,8H2/t9-,14+,15-,16+/m0/s1. The second kappa shape index (κ2) is 3.80. The number of fused-ring (bicyclic) bond motifs is 2. The zero-order valence-corrected chi connectivity index (χ0v) is 11.5. The number of ether oxygens (including phenoxy) is 2. The summed E-state index contributed by atoms with van der Waals surface area (Å²) in [5, 5.41) is 20.7. The van der Waals surface area contributed by atoms with E-state index >= 15 is 0 Å². The fourth-order valence-corrected chi connectivity index (χ4v) is 4.51. The van der Waals surface area contributed by atoms with Crippen molar-refractivity contribution in [2.24, 2.45) is 0 Å². The Morgan fingerprint density at radius 1 is 1.19 bits per heavy atom. The van der Waals surface area contributed by atoms with Crippen LogP contribution in [0.15, 0.2) is 24.3 Å². The van der Waals surface area contributed by atoms with E-state index < -0.39 is 12.3 Å². The summed E-state index contributed by atoms with van der Waals surface area (Å²) in [4.78, 5) is 2.11. The molecule has 1 saturated heterocycles. The summed E-state index contributed by atoms with van der Waals surface area (Å²) in [6.07, 6.45) is 4.61. The van der Waals surface area contributed by atoms with Crippen LogP contribution in [0.25, 0.3) is 0 Å². The molecule has 1 aliphatic carbocycles. The Kier molecular flexibility index (Phi) is 2.17. The van der Waals surface area contributed by atoms with Gasteiger partial charge in [0, 0.05) is 23.6 Å². The first-order valence-corrected chi connectivity index (χ1v) is 7.44. The van der Waals surface area contributed by atoms with Crippen LogP contribution >= 0.6 is 0 Å². The van der Waals surface area contributed by atoms with Crippen LogP contribution in [0.3, 0.4) is 0 Å². The topological polar surface area (TPSA) is 62.2 Å². The van der Waals surface area contributed by atoms with Crippen molar-refractivity contribution in [3.05, 3.63) is 35.4 Å². The van der Waals surface area contributed by atoms with Crippen LogP contribution in [0.2, 0.25) is 0 Å². The number of aliphatic hydroxyl groups is 2. The molecule has 110 valence electrons. The summed E-state index contributed by atoms with van der Waals surface area (Å²) in [5.74, 6) is 1.47. The number of aliphatic hydroxyl groups excluding tert-OH is 2. The predicted molar refractivity (Wildman–Crippen MR) is 74.1 cm³/mol. The van der Waals surface area contributed by atoms with Gasteiger partial charge in [0.05, 0.1) is 6.10 Å². The van der Waals surface area contributed by atoms with Gasteiger partial charge in [-0.15, -0.1) is 0 Å². The van der Waals surface area contributed by atoms with Gasteiger partial charge in [-0.3, -0.25) is 4.90 Å². The monoisotopic (exact) mass is 287 g/mol. The average Bonchev–Trinajstić information content (AvgIpc) is 3.06. The molecule has 0 radical (unpaired) electrons. The normalized spacial score (nSPS) is 41.8. The lowest BCUT2D eigenvalue weighted by molar-refractivity contribution is -0.0364. The van der Waals surface area contributed by atoms with Crippen LogP contribution in [0.1, 0.15) is 30.2 Å². The molecule has 5 heteroatoms. The van der Waals surface area contributed by atoms with Gasteiger partial charge < -0.3 is 19.7 Å². The molecule has 3 aliphatic heterocycles. The van der Waals surface area contributed by atoms with Crippen molar-refractivity contribution < 1.29 is 19.7 Å². The average molecular weight is 287 g/mol. The minimum atomic E-state index is -0.631. The molecule has 0 saturated carbocycles. The molecule has 1 aromatic carbocycles. The molecule has 1 fully saturated rings. The third-order valence-electron chi connectivity index (χ3n) is 5.50. The minimum Gasteiger partial charge on any atom is -0.454 e. The zero-order valence-electron chi connectivity index (χ0n) is 11.5. The van der Waals surface area contributed by atoms with Crippen LogP contribution in [0, 0.1) is 0 Å². The fraction of sp³-hybridized carbons (Fsp3) is 0.500. The first kappa shape index (κ1) is 12.0. The first-order chi connectivity index (χ1) is 10.2. The van der Waals surface area contributed by atoms with E-state index in [-0.39, 0.29) is 18.2 Å². The van der Waals surface area contributed by atoms with Crippen molar-refractivity contribution in [1.29, 1.82) is 0 Å². The van der Waals surface area contributed by atoms with Crippen molar-refractivity contribution in [3.63, 3.8) is 0 Å². The Morgan fingerprint density at radius 3 is 2.86 bits per heavy atom. The SMILES string of the molecule is O[C@H]1C=C[C@@]23CCN([C@@H](O)c4cc5c(cc42)OCO5)[C@@H]3C1. The number of benzene rings is 1. The molecule has 5 nitrogen and oxygen atoms in total. The van der Waals surface area contributed by atoms with Crippen molar-refractivity contribution in [2.45, 2.75) is 36.6 Å². The van der Waals surface area contributed by atoms with Crippen molar-refractivity contribution in [2.75, 3.05) is 13.3 Å². The fourth-order valence-electron chi connectivity index (χ4n) is 4.51. The maximum Gasteiger partial charge on any atom is 0.231 e. The van der Waals surface area contributed by atoms with Crippen LogP contribution in [0.5, 0.6) is 11.5 Å². The largest absolute Gasteiger partial charge is 0.454 e. The number of nitrogens with zero attached hydrogens (tertiary/aromatic N) is 1. The van der Waals surface area contributed by atoms with Gasteiger partial charge in [-0.05, 0) is 30.5 Å². The molecule has 2 bridgehead atoms. The predicted octanol–water partition coefficient (Wildman–Crippen LogP) is 1.05. The number of rotatable bonds is 0. The smallest absolute Gasteiger partial charge is 0.231 e. The van der Waals surface area contributed by atoms with E-state index in [1.165, 1.54) is 0 Å². The Bertz CT molecular complexity index is 658. The maximum absolute atomic E-state index is 10.7. The second-order valence-electron chi connectivity index (χ2n) is 6.37. The lowest BCUT2D eigenvalue weighted by Gasteiger charge is -2.47. The van der Waals surface area contributed by atoms with E-state index in [1.807, 2.05) is 18.2 Å². The zero-order chi connectivity index (χ0) is 14.2. The summed E-state index contributed by atoms with van der Waals surface area (Å²) in [6.45, 7) is 1.08. The molecule has 21 heavy (non-hydrogen) atoms. The molecule has 0 spiro atoms. The van der Waals surface area contributed by atoms with Gasteiger partial charge in [0.25, 0.3) is 0 Å². The van der Waals surface area contributed by atoms with Gasteiger partial charge >= 0.3 is 0 Å². The number of hydrogen-bond acceptors (Lipinski definition) is 5. The Labute approximate surface area is 122 Å². The van der Waals surface area contributed by atoms with Crippen LogP contribution < -0.4 is 9.47 Å². The molecule has 0 aromatic heterocycles. The summed E-state index contributed by atoms with van der Waals surface area (Å²) >= 11 is 0. The molecule has 4 aliphatic rings. The highest BCUT2D eigenvalue weighted by atomic mass is 16.7. The molecule has 5 atom stereocenters. The Morgan fingerprint density at radius 2 is 2.00 bits per heavy atom. The van der Waals surface area contributed by atoms with Crippen LogP contribution in [0.4, 0.5) is 0 Å². The van der Waals surface area contributed by atoms with Crippen LogP contribution in [-0.4, -0.2) is 40.6 Å². The molecule has 1 unspecified atom stereocenters. The Hall–Kier alpha value is -1.56. The van der Waals surface area contributed by atoms with E-state index in [2.05, 4.69) is 11.0 Å². The van der Waals surface area contributed by atoms with Crippen molar-refractivity contribution >= 4 is 0 Å². The highest BCUT2D eigenvalue weighted by molar-refractivity contribution is 5.56. The molecule has 0 amide bonds. The van der Waals surface area contributed by atoms with Gasteiger partial charge in [-0.2, -0.15) is 0 Å². The van der Waals surface area contributed by atoms with Gasteiger partial charge in [0.2, 0.25) is 6.79 Å². The van der Waals surface area contributed by atoms with E-state index in [1.54, 1.807) is 0 Å². The molecule has 1 aromatic rings. The second-order valence-corrected chi connectivity index (χ2v) is 6.37. The summed E-state index contributed by atoms with van der Waals surface area (Å²) in [6, 6.07) is 4.09. The van der Waals surface area contributed by atoms with Crippen molar-refractivity contribution in [3.8, 4) is 11.5 Å². The summed E-state index contributed by atoms with van der Waals surface area (Å²) < 4.78 is 11.0. The molecule has 2 N–H and O–H groups in total. The summed E-state index contributed by atoms with van der Waals surface area (Å²) in [7, 11) is 0. The highest BCUT2D eigenvalue weighted by Gasteiger charge is 2.56. The third-order valence-corrected chi connectivity index (χ3v) is 5.50. The minimum absolute atomic E-state index is 0.116. The number of hydrogen-bond donors (Lipinski definition) is 2. The van der Waals surface area contributed by atoms with E-state index in [0.717, 1.165) is 29.8 Å². The lowest BCUT2D eigenvalue weighted by Crippen LogP contribution is -2.51.